The van der Waals surface area contributed by atoms with Crippen LogP contribution in [0.3, 0.4) is 0 Å². The highest BCUT2D eigenvalue weighted by atomic mass is 16.5. The van der Waals surface area contributed by atoms with Gasteiger partial charge in [0.25, 0.3) is 0 Å². The van der Waals surface area contributed by atoms with Crippen LogP contribution in [-0.2, 0) is 15.1 Å². The van der Waals surface area contributed by atoms with Crippen molar-refractivity contribution in [1.82, 2.24) is 9.88 Å². The molecule has 150 valence electrons. The highest BCUT2D eigenvalue weighted by molar-refractivity contribution is 5.86. The van der Waals surface area contributed by atoms with Gasteiger partial charge in [0.2, 0.25) is 11.8 Å². The van der Waals surface area contributed by atoms with E-state index < -0.39 is 17.6 Å². The molecule has 1 aliphatic rings. The Balaban J connectivity index is 1.96. The van der Waals surface area contributed by atoms with Crippen molar-refractivity contribution in [2.45, 2.75) is 25.4 Å². The average molecular weight is 394 g/mol. The lowest BCUT2D eigenvalue weighted by Crippen LogP contribution is -2.44. The largest absolute Gasteiger partial charge is 0.508 e. The fourth-order valence-electron chi connectivity index (χ4n) is 3.94. The molecule has 0 amide bonds. The number of nitrogens with one attached hydrogen (secondary N) is 1. The van der Waals surface area contributed by atoms with Crippen molar-refractivity contribution < 1.29 is 24.9 Å². The number of para-hydroxylation sites is 1. The van der Waals surface area contributed by atoms with Crippen molar-refractivity contribution in [3.05, 3.63) is 71.3 Å². The third kappa shape index (κ3) is 2.82. The number of aromatic nitrogens is 1. The van der Waals surface area contributed by atoms with Crippen LogP contribution in [0.4, 0.5) is 0 Å². The second kappa shape index (κ2) is 6.86. The molecular formula is C22H22N2O5. The monoisotopic (exact) mass is 394 g/mol. The topological polar surface area (TPSA) is 104 Å². The van der Waals surface area contributed by atoms with Gasteiger partial charge < -0.3 is 20.1 Å². The Labute approximate surface area is 167 Å². The van der Waals surface area contributed by atoms with Crippen LogP contribution in [-0.4, -0.2) is 32.5 Å². The van der Waals surface area contributed by atoms with Crippen molar-refractivity contribution in [2.75, 3.05) is 6.61 Å². The van der Waals surface area contributed by atoms with Crippen LogP contribution in [0.2, 0.25) is 0 Å². The highest BCUT2D eigenvalue weighted by Crippen LogP contribution is 2.52. The average Bonchev–Trinajstić information content (AvgIpc) is 3.17. The molecule has 2 atom stereocenters. The first-order chi connectivity index (χ1) is 13.9. The van der Waals surface area contributed by atoms with Crippen LogP contribution >= 0.6 is 0 Å². The van der Waals surface area contributed by atoms with Gasteiger partial charge >= 0.3 is 5.97 Å². The SMILES string of the molecule is CCOC(=O)C1(C)NC(c2ccc(O)cc2)c2c1c(O)n(-c1ccccc1)c2O. The zero-order valence-electron chi connectivity index (χ0n) is 16.1. The number of phenolic OH excluding ortho intramolecular Hbond substituents is 1. The van der Waals surface area contributed by atoms with E-state index in [4.69, 9.17) is 4.74 Å². The molecule has 0 fully saturated rings. The lowest BCUT2D eigenvalue weighted by molar-refractivity contribution is -0.150. The number of rotatable bonds is 4. The van der Waals surface area contributed by atoms with Crippen LogP contribution in [0, 0.1) is 0 Å². The molecule has 2 unspecified atom stereocenters. The smallest absolute Gasteiger partial charge is 0.330 e. The first-order valence-electron chi connectivity index (χ1n) is 9.34. The first kappa shape index (κ1) is 18.9. The van der Waals surface area contributed by atoms with Crippen molar-refractivity contribution in [1.29, 1.82) is 0 Å². The summed E-state index contributed by atoms with van der Waals surface area (Å²) in [5.74, 6) is -0.840. The molecule has 29 heavy (non-hydrogen) atoms. The molecule has 7 nitrogen and oxygen atoms in total. The van der Waals surface area contributed by atoms with E-state index in [-0.39, 0.29) is 29.7 Å². The molecule has 0 spiro atoms. The Morgan fingerprint density at radius 1 is 1.07 bits per heavy atom. The normalized spacial score (nSPS) is 20.4. The van der Waals surface area contributed by atoms with E-state index in [0.717, 1.165) is 5.56 Å². The molecule has 2 aromatic carbocycles. The second-order valence-corrected chi connectivity index (χ2v) is 7.12. The van der Waals surface area contributed by atoms with Crippen molar-refractivity contribution in [3.8, 4) is 23.2 Å². The minimum atomic E-state index is -1.37. The maximum absolute atomic E-state index is 12.8. The van der Waals surface area contributed by atoms with E-state index in [9.17, 15) is 20.1 Å². The third-order valence-corrected chi connectivity index (χ3v) is 5.30. The molecule has 4 N–H and O–H groups in total. The van der Waals surface area contributed by atoms with Crippen LogP contribution in [0.15, 0.2) is 54.6 Å². The predicted molar refractivity (Wildman–Crippen MR) is 106 cm³/mol. The summed E-state index contributed by atoms with van der Waals surface area (Å²) < 4.78 is 6.57. The van der Waals surface area contributed by atoms with E-state index in [0.29, 0.717) is 11.3 Å². The molecule has 2 heterocycles. The van der Waals surface area contributed by atoms with Gasteiger partial charge in [-0.2, -0.15) is 0 Å². The Morgan fingerprint density at radius 2 is 1.72 bits per heavy atom. The molecule has 1 aromatic heterocycles. The number of carbonyl (C=O) groups is 1. The molecule has 0 aliphatic carbocycles. The van der Waals surface area contributed by atoms with E-state index in [2.05, 4.69) is 5.32 Å². The molecule has 1 aliphatic heterocycles. The van der Waals surface area contributed by atoms with Crippen LogP contribution < -0.4 is 5.32 Å². The number of esters is 1. The predicted octanol–water partition coefficient (Wildman–Crippen LogP) is 3.07. The summed E-state index contributed by atoms with van der Waals surface area (Å²) in [5, 5.41) is 35.0. The Hall–Kier alpha value is -3.45. The third-order valence-electron chi connectivity index (χ3n) is 5.30. The minimum absolute atomic E-state index is 0.106. The number of hydrogen-bond acceptors (Lipinski definition) is 6. The summed E-state index contributed by atoms with van der Waals surface area (Å²) in [6.07, 6.45) is 0. The Kier molecular flexibility index (Phi) is 4.47. The van der Waals surface area contributed by atoms with Crippen molar-refractivity contribution in [2.24, 2.45) is 0 Å². The molecule has 0 saturated carbocycles. The summed E-state index contributed by atoms with van der Waals surface area (Å²) >= 11 is 0. The molecule has 7 heteroatoms. The van der Waals surface area contributed by atoms with Crippen LogP contribution in [0.1, 0.15) is 36.6 Å². The maximum Gasteiger partial charge on any atom is 0.330 e. The van der Waals surface area contributed by atoms with Gasteiger partial charge in [0, 0.05) is 5.56 Å². The first-order valence-corrected chi connectivity index (χ1v) is 9.34. The van der Waals surface area contributed by atoms with E-state index in [1.54, 1.807) is 50.2 Å². The summed E-state index contributed by atoms with van der Waals surface area (Å²) in [4.78, 5) is 12.8. The van der Waals surface area contributed by atoms with Gasteiger partial charge in [0.15, 0.2) is 0 Å². The molecule has 0 bridgehead atoms. The Morgan fingerprint density at radius 3 is 2.34 bits per heavy atom. The van der Waals surface area contributed by atoms with Gasteiger partial charge in [-0.3, -0.25) is 9.88 Å². The summed E-state index contributed by atoms with van der Waals surface area (Å²) in [5.41, 5.74) is 0.586. The number of phenols is 1. The minimum Gasteiger partial charge on any atom is -0.508 e. The fraction of sp³-hybridized carbons (Fsp3) is 0.227. The number of fused-ring (bicyclic) bond motifs is 1. The summed E-state index contributed by atoms with van der Waals surface area (Å²) in [6, 6.07) is 14.8. The number of nitrogens with zero attached hydrogens (tertiary/aromatic N) is 1. The van der Waals surface area contributed by atoms with Gasteiger partial charge in [-0.15, -0.1) is 0 Å². The number of benzene rings is 2. The molecule has 0 saturated heterocycles. The quantitative estimate of drug-likeness (QED) is 0.507. The zero-order chi connectivity index (χ0) is 20.8. The standard InChI is InChI=1S/C22H22N2O5/c1-3-29-21(28)22(2)17-16(18(23-22)13-9-11-15(25)12-10-13)19(26)24(20(17)27)14-7-5-4-6-8-14/h4-12,18,23,25-27H,3H2,1-2H3. The van der Waals surface area contributed by atoms with Crippen LogP contribution in [0.25, 0.3) is 5.69 Å². The Bertz CT molecular complexity index is 1060. The maximum atomic E-state index is 12.8. The summed E-state index contributed by atoms with van der Waals surface area (Å²) in [7, 11) is 0. The van der Waals surface area contributed by atoms with Gasteiger partial charge in [-0.05, 0) is 43.7 Å². The molecular weight excluding hydrogens is 372 g/mol. The number of hydrogen-bond donors (Lipinski definition) is 4. The molecule has 0 radical (unpaired) electrons. The van der Waals surface area contributed by atoms with Gasteiger partial charge in [0.1, 0.15) is 11.3 Å². The molecule has 3 aromatic rings. The highest BCUT2D eigenvalue weighted by Gasteiger charge is 2.52. The van der Waals surface area contributed by atoms with E-state index >= 15 is 0 Å². The number of ether oxygens (including phenoxy) is 1. The lowest BCUT2D eigenvalue weighted by Gasteiger charge is -2.26. The fourth-order valence-corrected chi connectivity index (χ4v) is 3.94. The van der Waals surface area contributed by atoms with Crippen molar-refractivity contribution >= 4 is 5.97 Å². The van der Waals surface area contributed by atoms with E-state index in [1.165, 1.54) is 16.7 Å². The van der Waals surface area contributed by atoms with E-state index in [1.807, 2.05) is 6.07 Å². The molecule has 4 rings (SSSR count). The van der Waals surface area contributed by atoms with Crippen LogP contribution in [0.5, 0.6) is 17.5 Å². The van der Waals surface area contributed by atoms with Crippen molar-refractivity contribution in [3.63, 3.8) is 0 Å². The lowest BCUT2D eigenvalue weighted by atomic mass is 9.94. The van der Waals surface area contributed by atoms with Gasteiger partial charge in [-0.1, -0.05) is 30.3 Å². The number of aromatic hydroxyl groups is 3. The number of carbonyl (C=O) groups excluding carboxylic acids is 1. The second-order valence-electron chi connectivity index (χ2n) is 7.12. The summed E-state index contributed by atoms with van der Waals surface area (Å²) in [6.45, 7) is 3.52. The zero-order valence-corrected chi connectivity index (χ0v) is 16.1. The van der Waals surface area contributed by atoms with Gasteiger partial charge in [-0.25, -0.2) is 4.79 Å². The van der Waals surface area contributed by atoms with Gasteiger partial charge in [0.05, 0.1) is 23.9 Å².